The van der Waals surface area contributed by atoms with E-state index in [0.29, 0.717) is 29.9 Å². The second-order valence-corrected chi connectivity index (χ2v) is 9.70. The molecule has 2 aromatic carbocycles. The van der Waals surface area contributed by atoms with Crippen molar-refractivity contribution in [3.8, 4) is 5.69 Å². The molecule has 1 aromatic heterocycles. The Bertz CT molecular complexity index is 1310. The molecule has 3 aromatic rings. The lowest BCUT2D eigenvalue weighted by atomic mass is 10.1. The van der Waals surface area contributed by atoms with Crippen molar-refractivity contribution in [2.45, 2.75) is 38.0 Å². The molecule has 1 amide bonds. The summed E-state index contributed by atoms with van der Waals surface area (Å²) in [7, 11) is -2.04. The molecule has 1 aliphatic rings. The minimum atomic E-state index is -3.87. The Labute approximate surface area is 194 Å². The summed E-state index contributed by atoms with van der Waals surface area (Å²) in [6, 6.07) is 14.1. The van der Waals surface area contributed by atoms with Gasteiger partial charge in [-0.3, -0.25) is 4.79 Å². The summed E-state index contributed by atoms with van der Waals surface area (Å²) in [6.45, 7) is 4.77. The van der Waals surface area contributed by atoms with Crippen molar-refractivity contribution in [2.24, 2.45) is 4.40 Å². The number of anilines is 1. The smallest absolute Gasteiger partial charge is 0.284 e. The molecular formula is C24H27N5O3S. The van der Waals surface area contributed by atoms with Crippen LogP contribution in [0.5, 0.6) is 0 Å². The molecule has 0 unspecified atom stereocenters. The van der Waals surface area contributed by atoms with Gasteiger partial charge in [0.25, 0.3) is 15.9 Å². The van der Waals surface area contributed by atoms with Gasteiger partial charge in [-0.05, 0) is 50.1 Å². The van der Waals surface area contributed by atoms with Gasteiger partial charge < -0.3 is 10.2 Å². The van der Waals surface area contributed by atoms with E-state index in [1.165, 1.54) is 18.3 Å². The molecule has 8 nitrogen and oxygen atoms in total. The highest BCUT2D eigenvalue weighted by atomic mass is 32.2. The first-order valence-corrected chi connectivity index (χ1v) is 12.3. The molecule has 0 aliphatic carbocycles. The molecular weight excluding hydrogens is 438 g/mol. The van der Waals surface area contributed by atoms with Crippen molar-refractivity contribution in [1.29, 1.82) is 0 Å². The molecule has 1 fully saturated rings. The predicted octanol–water partition coefficient (Wildman–Crippen LogP) is 3.81. The van der Waals surface area contributed by atoms with Gasteiger partial charge in [-0.25, -0.2) is 4.68 Å². The van der Waals surface area contributed by atoms with Crippen LogP contribution in [0.4, 0.5) is 5.69 Å². The maximum Gasteiger partial charge on any atom is 0.284 e. The van der Waals surface area contributed by atoms with Crippen molar-refractivity contribution in [3.05, 3.63) is 71.5 Å². The molecule has 0 spiro atoms. The van der Waals surface area contributed by atoms with E-state index < -0.39 is 10.0 Å². The number of likely N-dealkylation sites (tertiary alicyclic amines) is 1. The minimum Gasteiger partial charge on any atom is -0.362 e. The molecule has 1 aliphatic heterocycles. The fourth-order valence-corrected chi connectivity index (χ4v) is 4.99. The molecule has 0 radical (unpaired) electrons. The van der Waals surface area contributed by atoms with E-state index in [0.717, 1.165) is 29.9 Å². The monoisotopic (exact) mass is 465 g/mol. The fraction of sp³-hybridized carbons (Fsp3) is 0.292. The van der Waals surface area contributed by atoms with Crippen LogP contribution in [0.2, 0.25) is 0 Å². The van der Waals surface area contributed by atoms with Crippen LogP contribution < -0.4 is 5.32 Å². The van der Waals surface area contributed by atoms with Gasteiger partial charge in [0.1, 0.15) is 5.84 Å². The molecule has 172 valence electrons. The quantitative estimate of drug-likeness (QED) is 0.597. The minimum absolute atomic E-state index is 0.0409. The zero-order valence-corrected chi connectivity index (χ0v) is 19.8. The fourth-order valence-electron chi connectivity index (χ4n) is 3.85. The van der Waals surface area contributed by atoms with Crippen LogP contribution in [0.1, 0.15) is 41.4 Å². The lowest BCUT2D eigenvalue weighted by Crippen LogP contribution is -2.20. The van der Waals surface area contributed by atoms with Gasteiger partial charge in [0, 0.05) is 25.7 Å². The summed E-state index contributed by atoms with van der Waals surface area (Å²) in [5, 5.41) is 7.21. The van der Waals surface area contributed by atoms with E-state index in [4.69, 9.17) is 0 Å². The highest BCUT2D eigenvalue weighted by Crippen LogP contribution is 2.22. The lowest BCUT2D eigenvalue weighted by Gasteiger charge is -2.11. The Morgan fingerprint density at radius 3 is 2.61 bits per heavy atom. The Morgan fingerprint density at radius 1 is 1.18 bits per heavy atom. The molecule has 1 N–H and O–H groups in total. The van der Waals surface area contributed by atoms with Crippen LogP contribution in [0, 0.1) is 6.92 Å². The first kappa shape index (κ1) is 22.7. The van der Waals surface area contributed by atoms with E-state index in [2.05, 4.69) is 14.8 Å². The van der Waals surface area contributed by atoms with E-state index in [-0.39, 0.29) is 10.8 Å². The van der Waals surface area contributed by atoms with Gasteiger partial charge in [0.2, 0.25) is 0 Å². The molecule has 4 rings (SSSR count). The van der Waals surface area contributed by atoms with Gasteiger partial charge in [-0.15, -0.1) is 4.40 Å². The van der Waals surface area contributed by atoms with E-state index in [1.54, 1.807) is 16.8 Å². The maximum atomic E-state index is 13.0. The Balaban J connectivity index is 1.58. The predicted molar refractivity (Wildman–Crippen MR) is 129 cm³/mol. The number of rotatable bonds is 6. The summed E-state index contributed by atoms with van der Waals surface area (Å²) >= 11 is 0. The number of aromatic nitrogens is 2. The molecule has 0 atom stereocenters. The van der Waals surface area contributed by atoms with Crippen molar-refractivity contribution in [1.82, 2.24) is 14.7 Å². The third kappa shape index (κ3) is 4.83. The number of carbonyl (C=O) groups is 1. The molecule has 2 heterocycles. The van der Waals surface area contributed by atoms with Crippen LogP contribution in [0.15, 0.2) is 64.0 Å². The number of sulfonamides is 1. The highest BCUT2D eigenvalue weighted by molar-refractivity contribution is 7.90. The average molecular weight is 466 g/mol. The van der Waals surface area contributed by atoms with Gasteiger partial charge in [-0.1, -0.05) is 30.7 Å². The second kappa shape index (κ2) is 9.19. The summed E-state index contributed by atoms with van der Waals surface area (Å²) < 4.78 is 31.3. The number of amides is 1. The Morgan fingerprint density at radius 2 is 1.94 bits per heavy atom. The third-order valence-electron chi connectivity index (χ3n) is 5.68. The number of hydrogen-bond donors (Lipinski definition) is 1. The molecule has 0 bridgehead atoms. The first-order valence-electron chi connectivity index (χ1n) is 10.9. The van der Waals surface area contributed by atoms with Crippen LogP contribution in [-0.4, -0.2) is 48.4 Å². The van der Waals surface area contributed by atoms with Gasteiger partial charge in [0.05, 0.1) is 28.0 Å². The first-order chi connectivity index (χ1) is 15.8. The van der Waals surface area contributed by atoms with Crippen molar-refractivity contribution in [3.63, 3.8) is 0 Å². The maximum absolute atomic E-state index is 13.0. The van der Waals surface area contributed by atoms with Gasteiger partial charge >= 0.3 is 0 Å². The summed E-state index contributed by atoms with van der Waals surface area (Å²) in [6.07, 6.45) is 3.67. The molecule has 9 heteroatoms. The average Bonchev–Trinajstić information content (AvgIpc) is 3.40. The number of hydrogen-bond acceptors (Lipinski definition) is 4. The third-order valence-corrected chi connectivity index (χ3v) is 6.98. The van der Waals surface area contributed by atoms with Crippen LogP contribution >= 0.6 is 0 Å². The van der Waals surface area contributed by atoms with Crippen LogP contribution in [-0.2, 0) is 16.4 Å². The van der Waals surface area contributed by atoms with E-state index in [1.807, 2.05) is 50.1 Å². The van der Waals surface area contributed by atoms with E-state index >= 15 is 0 Å². The molecule has 0 saturated carbocycles. The summed E-state index contributed by atoms with van der Waals surface area (Å²) in [5.41, 5.74) is 3.61. The number of carbonyl (C=O) groups excluding carboxylic acids is 1. The summed E-state index contributed by atoms with van der Waals surface area (Å²) in [4.78, 5) is 14.9. The number of nitrogens with zero attached hydrogens (tertiary/aromatic N) is 4. The number of amidine groups is 1. The van der Waals surface area contributed by atoms with Crippen LogP contribution in [0.3, 0.4) is 0 Å². The normalized spacial score (nSPS) is 15.2. The number of nitrogens with one attached hydrogen (secondary N) is 1. The van der Waals surface area contributed by atoms with Crippen LogP contribution in [0.25, 0.3) is 5.69 Å². The standard InChI is InChI=1S/C24H27N5O3S/c1-4-22-21(16-25-29(22)19-12-10-17(2)11-13-19)24(30)26-18-7-5-8-20(15-18)33(31,32)27-23-9-6-14-28(23)3/h5,7-8,10-13,15-16H,4,6,9,14H2,1-3H3,(H,26,30). The Hall–Kier alpha value is -3.46. The SMILES string of the molecule is CCc1c(C(=O)Nc2cccc(S(=O)(=O)N=C3CCCN3C)c2)cnn1-c1ccc(C)cc1. The van der Waals surface area contributed by atoms with Crippen molar-refractivity contribution >= 4 is 27.5 Å². The lowest BCUT2D eigenvalue weighted by molar-refractivity contribution is 0.102. The zero-order valence-electron chi connectivity index (χ0n) is 18.9. The largest absolute Gasteiger partial charge is 0.362 e. The highest BCUT2D eigenvalue weighted by Gasteiger charge is 2.22. The molecule has 33 heavy (non-hydrogen) atoms. The van der Waals surface area contributed by atoms with E-state index in [9.17, 15) is 13.2 Å². The Kier molecular flexibility index (Phi) is 6.33. The van der Waals surface area contributed by atoms with Gasteiger partial charge in [0.15, 0.2) is 0 Å². The second-order valence-electron chi connectivity index (χ2n) is 8.10. The topological polar surface area (TPSA) is 96.7 Å². The van der Waals surface area contributed by atoms with Crippen molar-refractivity contribution in [2.75, 3.05) is 18.9 Å². The number of aryl methyl sites for hydroxylation is 1. The zero-order chi connectivity index (χ0) is 23.6. The molecule has 1 saturated heterocycles. The number of benzene rings is 2. The summed E-state index contributed by atoms with van der Waals surface area (Å²) in [5.74, 6) is 0.210. The van der Waals surface area contributed by atoms with Gasteiger partial charge in [-0.2, -0.15) is 13.5 Å². The van der Waals surface area contributed by atoms with Crippen molar-refractivity contribution < 1.29 is 13.2 Å².